The first-order valence-corrected chi connectivity index (χ1v) is 11.3. The fourth-order valence-electron chi connectivity index (χ4n) is 4.93. The van der Waals surface area contributed by atoms with Gasteiger partial charge in [0.05, 0.1) is 18.3 Å². The number of fused-ring (bicyclic) bond motifs is 3. The molecule has 31 heavy (non-hydrogen) atoms. The summed E-state index contributed by atoms with van der Waals surface area (Å²) in [4.78, 5) is 29.0. The number of nitrogens with one attached hydrogen (secondary N) is 1. The van der Waals surface area contributed by atoms with Gasteiger partial charge in [0, 0.05) is 29.7 Å². The van der Waals surface area contributed by atoms with E-state index in [4.69, 9.17) is 16.0 Å². The van der Waals surface area contributed by atoms with Crippen molar-refractivity contribution in [1.82, 2.24) is 14.8 Å². The molecule has 1 fully saturated rings. The molecule has 1 saturated carbocycles. The van der Waals surface area contributed by atoms with Crippen LogP contribution in [0.2, 0.25) is 5.02 Å². The van der Waals surface area contributed by atoms with Gasteiger partial charge in [0.15, 0.2) is 5.58 Å². The maximum absolute atomic E-state index is 13.6. The van der Waals surface area contributed by atoms with E-state index in [-0.39, 0.29) is 17.9 Å². The summed E-state index contributed by atoms with van der Waals surface area (Å²) in [6, 6.07) is 11.2. The molecule has 0 radical (unpaired) electrons. The minimum atomic E-state index is -1.03. The molecule has 7 heteroatoms. The second kappa shape index (κ2) is 7.75. The van der Waals surface area contributed by atoms with E-state index in [2.05, 4.69) is 5.32 Å². The van der Waals surface area contributed by atoms with Crippen LogP contribution in [-0.2, 0) is 17.9 Å². The lowest BCUT2D eigenvalue weighted by molar-refractivity contribution is -0.134. The monoisotopic (exact) mass is 439 g/mol. The molecule has 1 N–H and O–H groups in total. The molecule has 0 saturated heterocycles. The van der Waals surface area contributed by atoms with Gasteiger partial charge in [0.1, 0.15) is 11.2 Å². The van der Waals surface area contributed by atoms with Crippen molar-refractivity contribution in [2.45, 2.75) is 63.7 Å². The van der Waals surface area contributed by atoms with E-state index < -0.39 is 5.54 Å². The fraction of sp³-hybridized carbons (Fsp3) is 0.417. The van der Waals surface area contributed by atoms with Gasteiger partial charge >= 0.3 is 0 Å². The molecular weight excluding hydrogens is 414 g/mol. The maximum atomic E-state index is 13.6. The van der Waals surface area contributed by atoms with Gasteiger partial charge in [0.2, 0.25) is 5.91 Å². The predicted octanol–water partition coefficient (Wildman–Crippen LogP) is 4.75. The molecule has 6 nitrogen and oxygen atoms in total. The van der Waals surface area contributed by atoms with E-state index >= 15 is 0 Å². The molecule has 2 amide bonds. The summed E-state index contributed by atoms with van der Waals surface area (Å²) in [6.07, 6.45) is 7.07. The van der Waals surface area contributed by atoms with Crippen LogP contribution in [0.15, 0.2) is 47.1 Å². The average molecular weight is 440 g/mol. The van der Waals surface area contributed by atoms with E-state index in [1.54, 1.807) is 23.3 Å². The fourth-order valence-corrected chi connectivity index (χ4v) is 5.14. The molecule has 1 atom stereocenters. The van der Waals surface area contributed by atoms with E-state index in [9.17, 15) is 9.59 Å². The zero-order chi connectivity index (χ0) is 21.6. The normalized spacial score (nSPS) is 22.0. The molecule has 1 aliphatic carbocycles. The summed E-state index contributed by atoms with van der Waals surface area (Å²) in [5, 5.41) is 3.85. The third-order valence-electron chi connectivity index (χ3n) is 6.71. The molecule has 2 aromatic heterocycles. The predicted molar refractivity (Wildman–Crippen MR) is 119 cm³/mol. The quantitative estimate of drug-likeness (QED) is 0.637. The van der Waals surface area contributed by atoms with Gasteiger partial charge < -0.3 is 19.2 Å². The molecule has 0 bridgehead atoms. The van der Waals surface area contributed by atoms with Crippen molar-refractivity contribution in [1.29, 1.82) is 0 Å². The second-order valence-corrected chi connectivity index (χ2v) is 9.33. The van der Waals surface area contributed by atoms with Crippen LogP contribution in [0.4, 0.5) is 0 Å². The number of amides is 2. The lowest BCUT2D eigenvalue weighted by Crippen LogP contribution is -2.64. The third-order valence-corrected chi connectivity index (χ3v) is 6.94. The number of carbonyl (C=O) groups is 2. The standard InChI is InChI=1S/C24H26ClN3O3/c1-24(23(30)26-18-8-3-2-4-9-18)15-27-19-10-11-31-21(19)13-20(27)22(29)28(24)14-16-6-5-7-17(25)12-16/h5-7,10-13,18H,2-4,8-9,14-15H2,1H3,(H,26,30)/t24-/m1/s1. The highest BCUT2D eigenvalue weighted by molar-refractivity contribution is 6.30. The smallest absolute Gasteiger partial charge is 0.271 e. The first kappa shape index (κ1) is 20.2. The molecule has 0 unspecified atom stereocenters. The lowest BCUT2D eigenvalue weighted by atomic mass is 9.91. The van der Waals surface area contributed by atoms with Crippen LogP contribution in [0.25, 0.3) is 11.1 Å². The van der Waals surface area contributed by atoms with Crippen LogP contribution in [0.1, 0.15) is 55.1 Å². The molecular formula is C24H26ClN3O3. The van der Waals surface area contributed by atoms with Crippen LogP contribution in [0, 0.1) is 0 Å². The average Bonchev–Trinajstić information content (AvgIpc) is 3.34. The highest BCUT2D eigenvalue weighted by atomic mass is 35.5. The third kappa shape index (κ3) is 3.53. The van der Waals surface area contributed by atoms with E-state index in [1.807, 2.05) is 35.8 Å². The zero-order valence-electron chi connectivity index (χ0n) is 17.6. The topological polar surface area (TPSA) is 67.5 Å². The summed E-state index contributed by atoms with van der Waals surface area (Å²) >= 11 is 6.18. The van der Waals surface area contributed by atoms with Gasteiger partial charge in [-0.25, -0.2) is 0 Å². The molecule has 3 heterocycles. The Bertz CT molecular complexity index is 1140. The highest BCUT2D eigenvalue weighted by Crippen LogP contribution is 2.34. The molecule has 0 spiro atoms. The van der Waals surface area contributed by atoms with Gasteiger partial charge in [-0.2, -0.15) is 0 Å². The number of nitrogens with zero attached hydrogens (tertiary/aromatic N) is 2. The maximum Gasteiger partial charge on any atom is 0.271 e. The molecule has 2 aliphatic rings. The molecule has 3 aromatic rings. The Morgan fingerprint density at radius 1 is 1.23 bits per heavy atom. The number of furan rings is 1. The number of benzene rings is 1. The Morgan fingerprint density at radius 2 is 2.03 bits per heavy atom. The van der Waals surface area contributed by atoms with Crippen molar-refractivity contribution < 1.29 is 14.0 Å². The van der Waals surface area contributed by atoms with Crippen molar-refractivity contribution >= 4 is 34.5 Å². The van der Waals surface area contributed by atoms with E-state index in [0.717, 1.165) is 36.8 Å². The zero-order valence-corrected chi connectivity index (χ0v) is 18.3. The van der Waals surface area contributed by atoms with Gasteiger partial charge in [-0.05, 0) is 37.5 Å². The SMILES string of the molecule is C[C@]1(C(=O)NC2CCCCC2)Cn2c(cc3occc32)C(=O)N1Cc1cccc(Cl)c1. The lowest BCUT2D eigenvalue weighted by Gasteiger charge is -2.44. The second-order valence-electron chi connectivity index (χ2n) is 8.89. The van der Waals surface area contributed by atoms with Crippen molar-refractivity contribution in [3.63, 3.8) is 0 Å². The van der Waals surface area contributed by atoms with Crippen molar-refractivity contribution in [2.24, 2.45) is 0 Å². The first-order chi connectivity index (χ1) is 15.0. The molecule has 5 rings (SSSR count). The summed E-state index contributed by atoms with van der Waals surface area (Å²) < 4.78 is 7.44. The van der Waals surface area contributed by atoms with Crippen LogP contribution in [0.5, 0.6) is 0 Å². The minimum absolute atomic E-state index is 0.106. The van der Waals surface area contributed by atoms with Crippen LogP contribution < -0.4 is 5.32 Å². The summed E-state index contributed by atoms with van der Waals surface area (Å²) in [7, 11) is 0. The number of hydrogen-bond acceptors (Lipinski definition) is 3. The minimum Gasteiger partial charge on any atom is -0.463 e. The molecule has 162 valence electrons. The van der Waals surface area contributed by atoms with Gasteiger partial charge in [-0.1, -0.05) is 43.0 Å². The van der Waals surface area contributed by atoms with Gasteiger partial charge in [-0.15, -0.1) is 0 Å². The number of hydrogen-bond donors (Lipinski definition) is 1. The largest absolute Gasteiger partial charge is 0.463 e. The van der Waals surface area contributed by atoms with Crippen molar-refractivity contribution in [3.05, 3.63) is 58.9 Å². The number of halogens is 1. The van der Waals surface area contributed by atoms with Crippen LogP contribution >= 0.6 is 11.6 Å². The first-order valence-electron chi connectivity index (χ1n) is 10.9. The number of rotatable bonds is 4. The van der Waals surface area contributed by atoms with Crippen LogP contribution in [0.3, 0.4) is 0 Å². The Hall–Kier alpha value is -2.73. The molecule has 1 aliphatic heterocycles. The summed E-state index contributed by atoms with van der Waals surface area (Å²) in [5.41, 5.74) is 1.89. The Morgan fingerprint density at radius 3 is 2.81 bits per heavy atom. The Labute approximate surface area is 186 Å². The number of aromatic nitrogens is 1. The Balaban J connectivity index is 1.53. The van der Waals surface area contributed by atoms with E-state index in [0.29, 0.717) is 29.4 Å². The van der Waals surface area contributed by atoms with Crippen molar-refractivity contribution in [2.75, 3.05) is 0 Å². The van der Waals surface area contributed by atoms with E-state index in [1.165, 1.54) is 6.42 Å². The van der Waals surface area contributed by atoms with Crippen LogP contribution in [-0.4, -0.2) is 32.9 Å². The van der Waals surface area contributed by atoms with Gasteiger partial charge in [0.25, 0.3) is 5.91 Å². The highest BCUT2D eigenvalue weighted by Gasteiger charge is 2.48. The Kier molecular flexibility index (Phi) is 5.05. The summed E-state index contributed by atoms with van der Waals surface area (Å²) in [6.45, 7) is 2.54. The number of carbonyl (C=O) groups excluding carboxylic acids is 2. The van der Waals surface area contributed by atoms with Crippen molar-refractivity contribution in [3.8, 4) is 0 Å². The molecule has 1 aromatic carbocycles. The van der Waals surface area contributed by atoms with Gasteiger partial charge in [-0.3, -0.25) is 9.59 Å². The summed E-state index contributed by atoms with van der Waals surface area (Å²) in [5.74, 6) is -0.287.